The molecule has 0 spiro atoms. The minimum Gasteiger partial charge on any atom is -0.507 e. The van der Waals surface area contributed by atoms with Crippen molar-refractivity contribution in [2.45, 2.75) is 38.6 Å². The van der Waals surface area contributed by atoms with E-state index in [0.29, 0.717) is 10.4 Å². The number of carbonyl (C=O) groups is 2. The molecule has 2 N–H and O–H groups in total. The van der Waals surface area contributed by atoms with Gasteiger partial charge in [0.1, 0.15) is 11.3 Å². The second kappa shape index (κ2) is 7.63. The summed E-state index contributed by atoms with van der Waals surface area (Å²) in [5.41, 5.74) is 0.0354. The molecule has 0 heterocycles. The molecule has 1 aliphatic carbocycles. The number of halogens is 1. The first-order valence-corrected chi connectivity index (χ1v) is 8.21. The van der Waals surface area contributed by atoms with E-state index in [0.717, 1.165) is 19.3 Å². The fourth-order valence-corrected chi connectivity index (χ4v) is 3.02. The second-order valence-electron chi connectivity index (χ2n) is 5.67. The standard InChI is InChI=1S/C16H20BrNO4/c1-10-4-2-3-5-13(10)18-15(20)9-22-16(21)12-8-11(17)6-7-14(12)19/h6-8,10,13,19H,2-5,9H2,1H3,(H,18,20)/t10-,13-/m1/s1. The first-order chi connectivity index (χ1) is 10.5. The summed E-state index contributed by atoms with van der Waals surface area (Å²) in [5, 5.41) is 12.6. The lowest BCUT2D eigenvalue weighted by Crippen LogP contribution is -2.42. The van der Waals surface area contributed by atoms with Crippen molar-refractivity contribution in [1.82, 2.24) is 5.32 Å². The zero-order chi connectivity index (χ0) is 16.1. The molecule has 1 aliphatic rings. The molecule has 2 rings (SSSR count). The Balaban J connectivity index is 1.85. The fourth-order valence-electron chi connectivity index (χ4n) is 2.66. The van der Waals surface area contributed by atoms with E-state index >= 15 is 0 Å². The summed E-state index contributed by atoms with van der Waals surface area (Å²) >= 11 is 3.22. The lowest BCUT2D eigenvalue weighted by Gasteiger charge is -2.29. The van der Waals surface area contributed by atoms with E-state index in [4.69, 9.17) is 4.74 Å². The number of aromatic hydroxyl groups is 1. The molecule has 1 fully saturated rings. The van der Waals surface area contributed by atoms with Crippen LogP contribution in [-0.4, -0.2) is 29.6 Å². The Morgan fingerprint density at radius 2 is 2.09 bits per heavy atom. The molecule has 120 valence electrons. The van der Waals surface area contributed by atoms with Gasteiger partial charge >= 0.3 is 5.97 Å². The zero-order valence-electron chi connectivity index (χ0n) is 12.5. The molecule has 1 aromatic carbocycles. The lowest BCUT2D eigenvalue weighted by atomic mass is 9.86. The molecule has 1 amide bonds. The van der Waals surface area contributed by atoms with Crippen molar-refractivity contribution in [2.75, 3.05) is 6.61 Å². The summed E-state index contributed by atoms with van der Waals surface area (Å²) in [7, 11) is 0. The predicted molar refractivity (Wildman–Crippen MR) is 85.7 cm³/mol. The van der Waals surface area contributed by atoms with Gasteiger partial charge in [0, 0.05) is 10.5 Å². The largest absolute Gasteiger partial charge is 0.507 e. The quantitative estimate of drug-likeness (QED) is 0.799. The predicted octanol–water partition coefficient (Wildman–Crippen LogP) is 3.01. The van der Waals surface area contributed by atoms with Gasteiger partial charge in [0.05, 0.1) is 0 Å². The first kappa shape index (κ1) is 16.8. The molecule has 0 aliphatic heterocycles. The summed E-state index contributed by atoms with van der Waals surface area (Å²) in [4.78, 5) is 23.8. The summed E-state index contributed by atoms with van der Waals surface area (Å²) in [6.07, 6.45) is 4.38. The Bertz CT molecular complexity index is 561. The first-order valence-electron chi connectivity index (χ1n) is 7.42. The molecule has 0 saturated heterocycles. The van der Waals surface area contributed by atoms with Crippen molar-refractivity contribution in [3.63, 3.8) is 0 Å². The van der Waals surface area contributed by atoms with Gasteiger partial charge in [-0.25, -0.2) is 4.79 Å². The van der Waals surface area contributed by atoms with Crippen molar-refractivity contribution in [1.29, 1.82) is 0 Å². The molecular weight excluding hydrogens is 350 g/mol. The Morgan fingerprint density at radius 1 is 1.36 bits per heavy atom. The minimum absolute atomic E-state index is 0.0354. The summed E-state index contributed by atoms with van der Waals surface area (Å²) in [6, 6.07) is 4.62. The van der Waals surface area contributed by atoms with Crippen molar-refractivity contribution in [3.8, 4) is 5.75 Å². The number of esters is 1. The highest BCUT2D eigenvalue weighted by molar-refractivity contribution is 9.10. The zero-order valence-corrected chi connectivity index (χ0v) is 14.1. The van der Waals surface area contributed by atoms with E-state index in [1.807, 2.05) is 0 Å². The van der Waals surface area contributed by atoms with Crippen molar-refractivity contribution >= 4 is 27.8 Å². The van der Waals surface area contributed by atoms with Crippen LogP contribution < -0.4 is 5.32 Å². The van der Waals surface area contributed by atoms with E-state index in [2.05, 4.69) is 28.2 Å². The second-order valence-corrected chi connectivity index (χ2v) is 6.59. The van der Waals surface area contributed by atoms with E-state index in [9.17, 15) is 14.7 Å². The lowest BCUT2D eigenvalue weighted by molar-refractivity contribution is -0.125. The van der Waals surface area contributed by atoms with Crippen LogP contribution in [0.2, 0.25) is 0 Å². The van der Waals surface area contributed by atoms with Crippen LogP contribution in [0.3, 0.4) is 0 Å². The number of amides is 1. The molecule has 0 bridgehead atoms. The van der Waals surface area contributed by atoms with Gasteiger partial charge in [-0.15, -0.1) is 0 Å². The highest BCUT2D eigenvalue weighted by Crippen LogP contribution is 2.24. The Hall–Kier alpha value is -1.56. The maximum absolute atomic E-state index is 11.9. The van der Waals surface area contributed by atoms with Gasteiger partial charge in [-0.3, -0.25) is 4.79 Å². The molecule has 5 nitrogen and oxygen atoms in total. The third-order valence-corrected chi connectivity index (χ3v) is 4.46. The van der Waals surface area contributed by atoms with Crippen LogP contribution in [0.15, 0.2) is 22.7 Å². The number of hydrogen-bond donors (Lipinski definition) is 2. The van der Waals surface area contributed by atoms with Crippen molar-refractivity contribution < 1.29 is 19.4 Å². The molecule has 22 heavy (non-hydrogen) atoms. The topological polar surface area (TPSA) is 75.6 Å². The van der Waals surface area contributed by atoms with Crippen LogP contribution in [0.1, 0.15) is 43.0 Å². The van der Waals surface area contributed by atoms with E-state index < -0.39 is 5.97 Å². The van der Waals surface area contributed by atoms with Crippen LogP contribution in [0.25, 0.3) is 0 Å². The van der Waals surface area contributed by atoms with E-state index in [-0.39, 0.29) is 29.9 Å². The minimum atomic E-state index is -0.717. The average Bonchev–Trinajstić information content (AvgIpc) is 2.49. The van der Waals surface area contributed by atoms with Crippen molar-refractivity contribution in [2.24, 2.45) is 5.92 Å². The Kier molecular flexibility index (Phi) is 5.83. The average molecular weight is 370 g/mol. The molecule has 0 aromatic heterocycles. The van der Waals surface area contributed by atoms with Gasteiger partial charge in [-0.2, -0.15) is 0 Å². The van der Waals surface area contributed by atoms with Gasteiger partial charge < -0.3 is 15.2 Å². The molecule has 2 atom stereocenters. The van der Waals surface area contributed by atoms with Crippen molar-refractivity contribution in [3.05, 3.63) is 28.2 Å². The van der Waals surface area contributed by atoms with Gasteiger partial charge in [-0.05, 0) is 37.0 Å². The maximum atomic E-state index is 11.9. The number of carbonyl (C=O) groups excluding carboxylic acids is 2. The molecule has 1 aromatic rings. The highest BCUT2D eigenvalue weighted by Gasteiger charge is 2.23. The third kappa shape index (κ3) is 4.47. The maximum Gasteiger partial charge on any atom is 0.342 e. The summed E-state index contributed by atoms with van der Waals surface area (Å²) < 4.78 is 5.62. The van der Waals surface area contributed by atoms with Crippen LogP contribution in [0.4, 0.5) is 0 Å². The number of rotatable bonds is 4. The fraction of sp³-hybridized carbons (Fsp3) is 0.500. The molecule has 0 radical (unpaired) electrons. The van der Waals surface area contributed by atoms with Gasteiger partial charge in [0.25, 0.3) is 5.91 Å². The van der Waals surface area contributed by atoms with Gasteiger partial charge in [0.15, 0.2) is 6.61 Å². The monoisotopic (exact) mass is 369 g/mol. The van der Waals surface area contributed by atoms with Gasteiger partial charge in [-0.1, -0.05) is 35.7 Å². The third-order valence-electron chi connectivity index (χ3n) is 3.97. The molecule has 6 heteroatoms. The summed E-state index contributed by atoms with van der Waals surface area (Å²) in [6.45, 7) is 1.78. The number of benzene rings is 1. The Labute approximate surface area is 138 Å². The number of nitrogens with one attached hydrogen (secondary N) is 1. The van der Waals surface area contributed by atoms with E-state index in [1.54, 1.807) is 6.07 Å². The Morgan fingerprint density at radius 3 is 2.82 bits per heavy atom. The summed E-state index contributed by atoms with van der Waals surface area (Å²) in [5.74, 6) is -0.746. The SMILES string of the molecule is C[C@@H]1CCCC[C@H]1NC(=O)COC(=O)c1cc(Br)ccc1O. The molecule has 1 saturated carbocycles. The van der Waals surface area contributed by atoms with Crippen LogP contribution in [0, 0.1) is 5.92 Å². The number of ether oxygens (including phenoxy) is 1. The molecule has 0 unspecified atom stereocenters. The highest BCUT2D eigenvalue weighted by atomic mass is 79.9. The smallest absolute Gasteiger partial charge is 0.342 e. The van der Waals surface area contributed by atoms with Crippen LogP contribution >= 0.6 is 15.9 Å². The number of phenols is 1. The number of phenolic OH excluding ortho intramolecular Hbond substituents is 1. The van der Waals surface area contributed by atoms with Crippen LogP contribution in [-0.2, 0) is 9.53 Å². The normalized spacial score (nSPS) is 21.2. The van der Waals surface area contributed by atoms with Gasteiger partial charge in [0.2, 0.25) is 0 Å². The number of hydrogen-bond acceptors (Lipinski definition) is 4. The molecular formula is C16H20BrNO4. The van der Waals surface area contributed by atoms with Crippen LogP contribution in [0.5, 0.6) is 5.75 Å². The van der Waals surface area contributed by atoms with E-state index in [1.165, 1.54) is 18.6 Å².